The van der Waals surface area contributed by atoms with Gasteiger partial charge in [-0.15, -0.1) is 11.3 Å². The smallest absolute Gasteiger partial charge is 0.333 e. The van der Waals surface area contributed by atoms with E-state index < -0.39 is 16.4 Å². The van der Waals surface area contributed by atoms with Gasteiger partial charge in [0.15, 0.2) is 0 Å². The number of ether oxygens (including phenoxy) is 1. The average molecular weight is 572 g/mol. The maximum atomic E-state index is 13.3. The van der Waals surface area contributed by atoms with Crippen molar-refractivity contribution in [2.24, 2.45) is 17.0 Å². The number of nitrogens with zero attached hydrogens (tertiary/aromatic N) is 2. The predicted molar refractivity (Wildman–Crippen MR) is 136 cm³/mol. The summed E-state index contributed by atoms with van der Waals surface area (Å²) in [6.07, 6.45) is 3.51. The second-order valence-corrected chi connectivity index (χ2v) is 11.4. The maximum Gasteiger partial charge on any atom is 0.333 e. The summed E-state index contributed by atoms with van der Waals surface area (Å²) in [6.45, 7) is 0.0242. The van der Waals surface area contributed by atoms with Crippen LogP contribution in [0.15, 0.2) is 42.2 Å². The SMILES string of the molecule is NS(=O)(=O)OC[C@H]1C[C@@H](Cc2ncncc2C(=O)c2cc(COc3cccc(Cl)c3Cl)cs2)C[C@@H]1O. The Morgan fingerprint density at radius 2 is 2.08 bits per heavy atom. The summed E-state index contributed by atoms with van der Waals surface area (Å²) in [5, 5.41) is 17.8. The Balaban J connectivity index is 1.41. The molecule has 0 unspecified atom stereocenters. The molecule has 0 aliphatic heterocycles. The molecule has 0 radical (unpaired) electrons. The Morgan fingerprint density at radius 1 is 1.28 bits per heavy atom. The number of thiophene rings is 1. The van der Waals surface area contributed by atoms with Crippen LogP contribution in [0.5, 0.6) is 5.75 Å². The number of benzene rings is 1. The lowest BCUT2D eigenvalue weighted by molar-refractivity contribution is 0.100. The number of hydrogen-bond donors (Lipinski definition) is 2. The molecule has 2 aromatic heterocycles. The fraction of sp³-hybridized carbons (Fsp3) is 0.348. The van der Waals surface area contributed by atoms with Crippen molar-refractivity contribution in [3.05, 3.63) is 73.9 Å². The third-order valence-corrected chi connectivity index (χ3v) is 8.15. The predicted octanol–water partition coefficient (Wildman–Crippen LogP) is 3.80. The molecular formula is C23H23Cl2N3O6S2. The Hall–Kier alpha value is -2.12. The van der Waals surface area contributed by atoms with E-state index in [9.17, 15) is 18.3 Å². The molecule has 3 aromatic rings. The lowest BCUT2D eigenvalue weighted by Crippen LogP contribution is -2.24. The van der Waals surface area contributed by atoms with Crippen LogP contribution in [-0.2, 0) is 27.5 Å². The zero-order valence-corrected chi connectivity index (χ0v) is 22.0. The molecule has 1 fully saturated rings. The van der Waals surface area contributed by atoms with E-state index in [4.69, 9.17) is 33.1 Å². The van der Waals surface area contributed by atoms with E-state index in [1.54, 1.807) is 24.3 Å². The van der Waals surface area contributed by atoms with Crippen LogP contribution in [0, 0.1) is 11.8 Å². The van der Waals surface area contributed by atoms with Crippen LogP contribution >= 0.6 is 34.5 Å². The molecule has 1 aromatic carbocycles. The summed E-state index contributed by atoms with van der Waals surface area (Å²) >= 11 is 13.5. The van der Waals surface area contributed by atoms with E-state index in [0.29, 0.717) is 51.2 Å². The van der Waals surface area contributed by atoms with Gasteiger partial charge in [-0.3, -0.25) is 8.98 Å². The summed E-state index contributed by atoms with van der Waals surface area (Å²) in [7, 11) is -4.08. The van der Waals surface area contributed by atoms with E-state index in [1.165, 1.54) is 23.9 Å². The summed E-state index contributed by atoms with van der Waals surface area (Å²) in [5.41, 5.74) is 1.75. The van der Waals surface area contributed by atoms with Crippen molar-refractivity contribution in [2.75, 3.05) is 6.61 Å². The monoisotopic (exact) mass is 571 g/mol. The van der Waals surface area contributed by atoms with Crippen LogP contribution in [0.4, 0.5) is 0 Å². The van der Waals surface area contributed by atoms with Gasteiger partial charge in [-0.25, -0.2) is 15.1 Å². The zero-order chi connectivity index (χ0) is 25.9. The molecule has 1 aliphatic carbocycles. The highest BCUT2D eigenvalue weighted by atomic mass is 35.5. The Labute approximate surface area is 222 Å². The number of ketones is 1. The molecule has 36 heavy (non-hydrogen) atoms. The van der Waals surface area contributed by atoms with Crippen LogP contribution in [0.25, 0.3) is 0 Å². The summed E-state index contributed by atoms with van der Waals surface area (Å²) in [4.78, 5) is 22.1. The molecule has 3 atom stereocenters. The minimum Gasteiger partial charge on any atom is -0.487 e. The van der Waals surface area contributed by atoms with Crippen LogP contribution in [0.1, 0.15) is 39.3 Å². The van der Waals surface area contributed by atoms with Gasteiger partial charge in [0, 0.05) is 17.7 Å². The normalized spacial score (nSPS) is 19.9. The summed E-state index contributed by atoms with van der Waals surface area (Å²) < 4.78 is 32.5. The quantitative estimate of drug-likeness (QED) is 0.350. The van der Waals surface area contributed by atoms with Gasteiger partial charge >= 0.3 is 10.3 Å². The number of aliphatic hydroxyl groups is 1. The summed E-state index contributed by atoms with van der Waals surface area (Å²) in [6, 6.07) is 6.87. The van der Waals surface area contributed by atoms with Crippen molar-refractivity contribution in [1.29, 1.82) is 0 Å². The molecule has 1 aliphatic rings. The van der Waals surface area contributed by atoms with Gasteiger partial charge < -0.3 is 9.84 Å². The lowest BCUT2D eigenvalue weighted by atomic mass is 9.96. The minimum absolute atomic E-state index is 0.00901. The number of hydrogen-bond acceptors (Lipinski definition) is 9. The number of rotatable bonds is 10. The first kappa shape index (κ1) is 26.9. The Kier molecular flexibility index (Phi) is 8.61. The van der Waals surface area contributed by atoms with Crippen LogP contribution in [0.3, 0.4) is 0 Å². The van der Waals surface area contributed by atoms with Gasteiger partial charge in [-0.1, -0.05) is 29.3 Å². The molecule has 13 heteroatoms. The van der Waals surface area contributed by atoms with Crippen molar-refractivity contribution in [3.63, 3.8) is 0 Å². The molecule has 3 N–H and O–H groups in total. The molecule has 0 saturated heterocycles. The third kappa shape index (κ3) is 6.80. The van der Waals surface area contributed by atoms with E-state index in [0.717, 1.165) is 5.56 Å². The highest BCUT2D eigenvalue weighted by molar-refractivity contribution is 7.84. The number of halogens is 2. The molecule has 2 heterocycles. The van der Waals surface area contributed by atoms with E-state index in [2.05, 4.69) is 14.2 Å². The maximum absolute atomic E-state index is 13.3. The first-order valence-corrected chi connectivity index (χ1v) is 14.0. The van der Waals surface area contributed by atoms with Gasteiger partial charge in [-0.05, 0) is 48.8 Å². The van der Waals surface area contributed by atoms with Crippen LogP contribution < -0.4 is 9.88 Å². The van der Waals surface area contributed by atoms with Crippen molar-refractivity contribution in [1.82, 2.24) is 9.97 Å². The molecular weight excluding hydrogens is 549 g/mol. The van der Waals surface area contributed by atoms with Gasteiger partial charge in [0.1, 0.15) is 23.7 Å². The summed E-state index contributed by atoms with van der Waals surface area (Å²) in [5.74, 6) is -0.142. The number of aliphatic hydroxyl groups excluding tert-OH is 1. The van der Waals surface area contributed by atoms with Gasteiger partial charge in [-0.2, -0.15) is 8.42 Å². The van der Waals surface area contributed by atoms with Gasteiger partial charge in [0.05, 0.1) is 33.9 Å². The van der Waals surface area contributed by atoms with Crippen LogP contribution in [0.2, 0.25) is 10.0 Å². The van der Waals surface area contributed by atoms with Crippen LogP contribution in [-0.4, -0.2) is 42.0 Å². The largest absolute Gasteiger partial charge is 0.487 e. The van der Waals surface area contributed by atoms with E-state index in [-0.39, 0.29) is 30.8 Å². The topological polar surface area (TPSA) is 142 Å². The molecule has 4 rings (SSSR count). The molecule has 9 nitrogen and oxygen atoms in total. The van der Waals surface area contributed by atoms with Crippen molar-refractivity contribution in [3.8, 4) is 5.75 Å². The minimum atomic E-state index is -4.08. The van der Waals surface area contributed by atoms with E-state index >= 15 is 0 Å². The van der Waals surface area contributed by atoms with E-state index in [1.807, 2.05) is 5.38 Å². The lowest BCUT2D eigenvalue weighted by Gasteiger charge is -2.13. The van der Waals surface area contributed by atoms with Crippen molar-refractivity contribution < 1.29 is 27.2 Å². The Morgan fingerprint density at radius 3 is 2.86 bits per heavy atom. The third-order valence-electron chi connectivity index (χ3n) is 5.91. The number of carbonyl (C=O) groups excluding carboxylic acids is 1. The molecule has 0 spiro atoms. The average Bonchev–Trinajstić information content (AvgIpc) is 3.44. The fourth-order valence-electron chi connectivity index (χ4n) is 4.18. The fourth-order valence-corrected chi connectivity index (χ4v) is 5.75. The first-order valence-electron chi connectivity index (χ1n) is 10.9. The zero-order valence-electron chi connectivity index (χ0n) is 18.8. The number of aromatic nitrogens is 2. The Bertz CT molecular complexity index is 1350. The highest BCUT2D eigenvalue weighted by Gasteiger charge is 2.35. The van der Waals surface area contributed by atoms with Crippen molar-refractivity contribution >= 4 is 50.6 Å². The second-order valence-electron chi connectivity index (χ2n) is 8.52. The standard InChI is InChI=1S/C23H23Cl2N3O6S2/c24-17-2-1-3-20(22(17)25)33-9-14-7-21(35-11-14)23(30)16-8-27-12-28-18(16)5-13-4-15(19(29)6-13)10-34-36(26,31)32/h1-3,7-8,11-13,15,19,29H,4-6,9-10H2,(H2,26,31,32)/t13-,15+,19-/m0/s1. The number of nitrogens with two attached hydrogens (primary N) is 1. The van der Waals surface area contributed by atoms with Gasteiger partial charge in [0.25, 0.3) is 0 Å². The highest BCUT2D eigenvalue weighted by Crippen LogP contribution is 2.35. The second kappa shape index (κ2) is 11.5. The van der Waals surface area contributed by atoms with Crippen molar-refractivity contribution in [2.45, 2.75) is 32.0 Å². The molecule has 0 bridgehead atoms. The molecule has 0 amide bonds. The molecule has 192 valence electrons. The number of carbonyl (C=O) groups is 1. The first-order chi connectivity index (χ1) is 17.1. The van der Waals surface area contributed by atoms with Gasteiger partial charge in [0.2, 0.25) is 5.78 Å². The molecule has 1 saturated carbocycles.